The van der Waals surface area contributed by atoms with E-state index < -0.39 is 5.97 Å². The molecule has 0 unspecified atom stereocenters. The maximum atomic E-state index is 13.0. The number of aryl methyl sites for hydroxylation is 1. The van der Waals surface area contributed by atoms with Crippen LogP contribution in [-0.4, -0.2) is 22.2 Å². The van der Waals surface area contributed by atoms with Crippen LogP contribution < -0.4 is 4.74 Å². The number of benzene rings is 5. The van der Waals surface area contributed by atoms with Gasteiger partial charge in [-0.3, -0.25) is 0 Å². The number of carboxylic acids is 1. The lowest BCUT2D eigenvalue weighted by Gasteiger charge is -2.14. The monoisotopic (exact) mass is 539 g/mol. The molecule has 204 valence electrons. The van der Waals surface area contributed by atoms with E-state index in [1.165, 1.54) is 0 Å². The van der Waals surface area contributed by atoms with E-state index in [0.29, 0.717) is 25.3 Å². The highest BCUT2D eigenvalue weighted by Crippen LogP contribution is 2.40. The van der Waals surface area contributed by atoms with Gasteiger partial charge in [-0.15, -0.1) is 0 Å². The van der Waals surface area contributed by atoms with Crippen molar-refractivity contribution in [2.45, 2.75) is 32.7 Å². The van der Waals surface area contributed by atoms with E-state index in [1.807, 2.05) is 59.2 Å². The predicted molar refractivity (Wildman–Crippen MR) is 168 cm³/mol. The van der Waals surface area contributed by atoms with Gasteiger partial charge in [0.2, 0.25) is 0 Å². The Hall–Kier alpha value is -4.83. The molecule has 0 radical (unpaired) electrons. The highest BCUT2D eigenvalue weighted by atomic mass is 16.5. The van der Waals surface area contributed by atoms with E-state index in [9.17, 15) is 9.90 Å². The van der Waals surface area contributed by atoms with E-state index in [-0.39, 0.29) is 5.92 Å². The Morgan fingerprint density at radius 1 is 0.780 bits per heavy atom. The largest absolute Gasteiger partial charge is 0.493 e. The highest BCUT2D eigenvalue weighted by Gasteiger charge is 2.26. The Morgan fingerprint density at radius 3 is 2.32 bits per heavy atom. The van der Waals surface area contributed by atoms with Gasteiger partial charge in [-0.05, 0) is 58.2 Å². The molecule has 6 aromatic rings. The second-order valence-electron chi connectivity index (χ2n) is 10.7. The molecule has 41 heavy (non-hydrogen) atoms. The number of hydrogen-bond donors (Lipinski definition) is 1. The Morgan fingerprint density at radius 2 is 1.51 bits per heavy atom. The van der Waals surface area contributed by atoms with Gasteiger partial charge in [-0.1, -0.05) is 111 Å². The van der Waals surface area contributed by atoms with E-state index >= 15 is 0 Å². The van der Waals surface area contributed by atoms with Crippen LogP contribution in [0.2, 0.25) is 0 Å². The normalized spacial score (nSPS) is 11.4. The average Bonchev–Trinajstić information content (AvgIpc) is 3.33. The third-order valence-electron chi connectivity index (χ3n) is 7.76. The van der Waals surface area contributed by atoms with Gasteiger partial charge >= 0.3 is 5.97 Å². The number of hydrogen-bond acceptors (Lipinski definition) is 2. The number of aromatic carboxylic acids is 1. The molecule has 1 aromatic heterocycles. The van der Waals surface area contributed by atoms with Gasteiger partial charge in [-0.25, -0.2) is 4.79 Å². The molecule has 4 nitrogen and oxygen atoms in total. The molecular formula is C37H33NO3. The molecule has 5 aromatic carbocycles. The molecule has 0 atom stereocenters. The fourth-order valence-electron chi connectivity index (χ4n) is 5.85. The summed E-state index contributed by atoms with van der Waals surface area (Å²) in [6.07, 6.45) is 0.666. The van der Waals surface area contributed by atoms with Crippen molar-refractivity contribution in [1.29, 1.82) is 0 Å². The van der Waals surface area contributed by atoms with Crippen LogP contribution in [-0.2, 0) is 6.54 Å². The van der Waals surface area contributed by atoms with Gasteiger partial charge in [0, 0.05) is 28.4 Å². The minimum Gasteiger partial charge on any atom is -0.493 e. The molecular weight excluding hydrogens is 506 g/mol. The summed E-state index contributed by atoms with van der Waals surface area (Å²) in [7, 11) is 0. The molecule has 1 heterocycles. The minimum absolute atomic E-state index is 0.248. The molecule has 0 saturated carbocycles. The Bertz CT molecular complexity index is 1840. The topological polar surface area (TPSA) is 51.5 Å². The van der Waals surface area contributed by atoms with Crippen molar-refractivity contribution in [3.05, 3.63) is 127 Å². The zero-order chi connectivity index (χ0) is 28.3. The summed E-state index contributed by atoms with van der Waals surface area (Å²) in [5.41, 5.74) is 6.30. The smallest absolute Gasteiger partial charge is 0.353 e. The van der Waals surface area contributed by atoms with Gasteiger partial charge in [0.1, 0.15) is 11.4 Å². The maximum Gasteiger partial charge on any atom is 0.353 e. The van der Waals surface area contributed by atoms with Gasteiger partial charge in [0.05, 0.1) is 6.61 Å². The predicted octanol–water partition coefficient (Wildman–Crippen LogP) is 9.42. The Balaban J connectivity index is 1.42. The maximum absolute atomic E-state index is 13.0. The molecule has 0 aliphatic heterocycles. The number of nitrogens with zero attached hydrogens (tertiary/aromatic N) is 1. The van der Waals surface area contributed by atoms with Crippen molar-refractivity contribution in [1.82, 2.24) is 4.57 Å². The average molecular weight is 540 g/mol. The molecule has 0 spiro atoms. The standard InChI is InChI=1S/C37H33NO3/c1-25(2)29-16-8-9-18-31(29)35-32-24-28(26-12-4-3-5-13-26)20-21-33(32)38(36(35)37(39)40)22-11-23-41-34-19-10-15-27-14-6-7-17-30(27)34/h3-10,12-21,24-25H,11,22-23H2,1-2H3,(H,39,40). The summed E-state index contributed by atoms with van der Waals surface area (Å²) < 4.78 is 8.18. The molecule has 0 aliphatic rings. The minimum atomic E-state index is -0.925. The molecule has 0 amide bonds. The van der Waals surface area contributed by atoms with Crippen LogP contribution in [0.15, 0.2) is 115 Å². The summed E-state index contributed by atoms with van der Waals surface area (Å²) in [4.78, 5) is 13.0. The van der Waals surface area contributed by atoms with Crippen LogP contribution in [0.4, 0.5) is 0 Å². The first kappa shape index (κ1) is 26.4. The van der Waals surface area contributed by atoms with Gasteiger partial charge in [-0.2, -0.15) is 0 Å². The molecule has 6 rings (SSSR count). The van der Waals surface area contributed by atoms with E-state index in [4.69, 9.17) is 4.74 Å². The summed E-state index contributed by atoms with van der Waals surface area (Å²) in [5, 5.41) is 13.8. The van der Waals surface area contributed by atoms with Crippen LogP contribution >= 0.6 is 0 Å². The van der Waals surface area contributed by atoms with Crippen molar-refractivity contribution in [3.63, 3.8) is 0 Å². The number of carbonyl (C=O) groups is 1. The fraction of sp³-hybridized carbons (Fsp3) is 0.162. The van der Waals surface area contributed by atoms with Crippen molar-refractivity contribution >= 4 is 27.6 Å². The van der Waals surface area contributed by atoms with E-state index in [1.54, 1.807) is 0 Å². The fourth-order valence-corrected chi connectivity index (χ4v) is 5.85. The Labute approximate surface area is 240 Å². The van der Waals surface area contributed by atoms with Crippen molar-refractivity contribution in [3.8, 4) is 28.0 Å². The lowest BCUT2D eigenvalue weighted by atomic mass is 9.90. The molecule has 0 fully saturated rings. The highest BCUT2D eigenvalue weighted by molar-refractivity contribution is 6.09. The summed E-state index contributed by atoms with van der Waals surface area (Å²) >= 11 is 0. The zero-order valence-electron chi connectivity index (χ0n) is 23.4. The quantitative estimate of drug-likeness (QED) is 0.186. The number of fused-ring (bicyclic) bond motifs is 2. The van der Waals surface area contributed by atoms with Gasteiger partial charge in [0.25, 0.3) is 0 Å². The lowest BCUT2D eigenvalue weighted by Crippen LogP contribution is -2.12. The number of rotatable bonds is 9. The lowest BCUT2D eigenvalue weighted by molar-refractivity contribution is 0.0686. The van der Waals surface area contributed by atoms with Crippen molar-refractivity contribution in [2.24, 2.45) is 0 Å². The number of aromatic nitrogens is 1. The summed E-state index contributed by atoms with van der Waals surface area (Å²) in [6, 6.07) is 39.0. The number of ether oxygens (including phenoxy) is 1. The van der Waals surface area contributed by atoms with Crippen molar-refractivity contribution in [2.75, 3.05) is 6.61 Å². The van der Waals surface area contributed by atoms with Gasteiger partial charge in [0.15, 0.2) is 0 Å². The second-order valence-corrected chi connectivity index (χ2v) is 10.7. The van der Waals surface area contributed by atoms with Crippen molar-refractivity contribution < 1.29 is 14.6 Å². The van der Waals surface area contributed by atoms with Crippen LogP contribution in [0.5, 0.6) is 5.75 Å². The van der Waals surface area contributed by atoms with Crippen LogP contribution in [0.1, 0.15) is 42.2 Å². The molecule has 0 aliphatic carbocycles. The van der Waals surface area contributed by atoms with Gasteiger partial charge < -0.3 is 14.4 Å². The molecule has 4 heteroatoms. The number of carboxylic acid groups (broad SMARTS) is 1. The molecule has 1 N–H and O–H groups in total. The first-order chi connectivity index (χ1) is 20.0. The molecule has 0 bridgehead atoms. The third-order valence-corrected chi connectivity index (χ3v) is 7.76. The third kappa shape index (κ3) is 5.09. The molecule has 0 saturated heterocycles. The zero-order valence-corrected chi connectivity index (χ0v) is 23.4. The first-order valence-corrected chi connectivity index (χ1v) is 14.2. The van der Waals surface area contributed by atoms with E-state index in [0.717, 1.165) is 55.2 Å². The Kier molecular flexibility index (Phi) is 7.30. The van der Waals surface area contributed by atoms with Crippen LogP contribution in [0.3, 0.4) is 0 Å². The summed E-state index contributed by atoms with van der Waals surface area (Å²) in [6.45, 7) is 5.31. The second kappa shape index (κ2) is 11.3. The van der Waals surface area contributed by atoms with E-state index in [2.05, 4.69) is 74.5 Å². The summed E-state index contributed by atoms with van der Waals surface area (Å²) in [5.74, 6) is 0.168. The SMILES string of the molecule is CC(C)c1ccccc1-c1c(C(=O)O)n(CCCOc2cccc3ccccc23)c2ccc(-c3ccccc3)cc12. The van der Waals surface area contributed by atoms with Crippen LogP contribution in [0.25, 0.3) is 43.9 Å². The van der Waals surface area contributed by atoms with Crippen LogP contribution in [0, 0.1) is 0 Å². The first-order valence-electron chi connectivity index (χ1n) is 14.2.